The lowest BCUT2D eigenvalue weighted by atomic mass is 9.94. The van der Waals surface area contributed by atoms with Gasteiger partial charge in [-0.15, -0.1) is 11.3 Å². The summed E-state index contributed by atoms with van der Waals surface area (Å²) in [4.78, 5) is 39.3. The van der Waals surface area contributed by atoms with E-state index in [4.69, 9.17) is 23.2 Å². The summed E-state index contributed by atoms with van der Waals surface area (Å²) in [5.74, 6) is -1.66. The molecule has 1 atom stereocenters. The quantitative estimate of drug-likeness (QED) is 0.204. The highest BCUT2D eigenvalue weighted by Crippen LogP contribution is 2.37. The lowest BCUT2D eigenvalue weighted by Crippen LogP contribution is -2.43. The van der Waals surface area contributed by atoms with E-state index in [1.807, 2.05) is 72.1 Å². The van der Waals surface area contributed by atoms with Gasteiger partial charge in [0.15, 0.2) is 0 Å². The number of piperidine rings is 1. The standard InChI is InChI=1S/C32H28Cl2N2O4S/c33-29-24(18-25-14-17-41-31(25)30(29)34)10-11-27(37)36-15-12-23(13-16-36)32(40)35-26(19-28(38)39)22-8-6-21(7-9-22)20-4-2-1-3-5-20/h1-11,14,17-18,23,26H,12-13,15-16,19H2,(H,35,40)(H,38,39)/b11-10+. The number of carboxylic acid groups (broad SMARTS) is 1. The summed E-state index contributed by atoms with van der Waals surface area (Å²) < 4.78 is 0.912. The molecule has 0 saturated carbocycles. The Morgan fingerprint density at radius 2 is 1.66 bits per heavy atom. The van der Waals surface area contributed by atoms with Crippen LogP contribution in [0.2, 0.25) is 10.0 Å². The molecule has 1 unspecified atom stereocenters. The number of amides is 2. The van der Waals surface area contributed by atoms with Gasteiger partial charge in [0.05, 0.1) is 27.2 Å². The Bertz CT molecular complexity index is 1590. The van der Waals surface area contributed by atoms with Gasteiger partial charge in [-0.05, 0) is 64.1 Å². The van der Waals surface area contributed by atoms with E-state index in [-0.39, 0.29) is 24.2 Å². The zero-order valence-electron chi connectivity index (χ0n) is 22.1. The van der Waals surface area contributed by atoms with Crippen molar-refractivity contribution in [1.29, 1.82) is 0 Å². The fourth-order valence-electron chi connectivity index (χ4n) is 5.07. The molecule has 0 bridgehead atoms. The minimum atomic E-state index is -0.992. The number of halogens is 2. The van der Waals surface area contributed by atoms with Crippen LogP contribution in [0, 0.1) is 5.92 Å². The average molecular weight is 608 g/mol. The number of carboxylic acids is 1. The van der Waals surface area contributed by atoms with Crippen LogP contribution in [0.5, 0.6) is 0 Å². The van der Waals surface area contributed by atoms with E-state index in [1.165, 1.54) is 17.4 Å². The molecule has 41 heavy (non-hydrogen) atoms. The molecule has 1 aromatic heterocycles. The fourth-order valence-corrected chi connectivity index (χ4v) is 6.51. The van der Waals surface area contributed by atoms with Crippen LogP contribution in [-0.2, 0) is 14.4 Å². The molecule has 0 radical (unpaired) electrons. The highest BCUT2D eigenvalue weighted by atomic mass is 35.5. The molecule has 4 aromatic rings. The van der Waals surface area contributed by atoms with E-state index in [9.17, 15) is 19.5 Å². The van der Waals surface area contributed by atoms with Crippen molar-refractivity contribution in [3.8, 4) is 11.1 Å². The maximum atomic E-state index is 13.1. The van der Waals surface area contributed by atoms with Crippen molar-refractivity contribution in [3.05, 3.63) is 99.4 Å². The molecule has 0 aliphatic carbocycles. The number of fused-ring (bicyclic) bond motifs is 1. The van der Waals surface area contributed by atoms with E-state index in [0.29, 0.717) is 41.5 Å². The fraction of sp³-hybridized carbons (Fsp3) is 0.219. The largest absolute Gasteiger partial charge is 0.481 e. The number of likely N-dealkylation sites (tertiary alicyclic amines) is 1. The zero-order valence-corrected chi connectivity index (χ0v) is 24.4. The first-order valence-corrected chi connectivity index (χ1v) is 14.9. The van der Waals surface area contributed by atoms with Crippen LogP contribution < -0.4 is 5.32 Å². The van der Waals surface area contributed by atoms with Crippen molar-refractivity contribution < 1.29 is 19.5 Å². The zero-order chi connectivity index (χ0) is 28.9. The topological polar surface area (TPSA) is 86.7 Å². The SMILES string of the molecule is O=C(O)CC(NC(=O)C1CCN(C(=O)/C=C/c2cc3ccsc3c(Cl)c2Cl)CC1)c1ccc(-c2ccccc2)cc1. The van der Waals surface area contributed by atoms with E-state index in [2.05, 4.69) is 5.32 Å². The van der Waals surface area contributed by atoms with Crippen LogP contribution in [0.25, 0.3) is 27.3 Å². The van der Waals surface area contributed by atoms with Gasteiger partial charge in [0.1, 0.15) is 0 Å². The number of carbonyl (C=O) groups excluding carboxylic acids is 2. The molecule has 2 heterocycles. The first-order valence-electron chi connectivity index (χ1n) is 13.3. The average Bonchev–Trinajstić information content (AvgIpc) is 3.47. The number of nitrogens with one attached hydrogen (secondary N) is 1. The number of aliphatic carboxylic acids is 1. The van der Waals surface area contributed by atoms with Crippen molar-refractivity contribution in [3.63, 3.8) is 0 Å². The molecule has 1 fully saturated rings. The number of nitrogens with zero attached hydrogens (tertiary/aromatic N) is 1. The van der Waals surface area contributed by atoms with Gasteiger partial charge in [-0.1, -0.05) is 77.8 Å². The maximum absolute atomic E-state index is 13.1. The minimum Gasteiger partial charge on any atom is -0.481 e. The van der Waals surface area contributed by atoms with Gasteiger partial charge in [-0.2, -0.15) is 0 Å². The first-order chi connectivity index (χ1) is 19.8. The van der Waals surface area contributed by atoms with Crippen molar-refractivity contribution in [1.82, 2.24) is 10.2 Å². The molecule has 5 rings (SSSR count). The molecular weight excluding hydrogens is 579 g/mol. The first kappa shape index (κ1) is 28.9. The molecule has 1 saturated heterocycles. The molecule has 2 N–H and O–H groups in total. The number of hydrogen-bond donors (Lipinski definition) is 2. The third-order valence-electron chi connectivity index (χ3n) is 7.35. The number of benzene rings is 3. The van der Waals surface area contributed by atoms with Crippen molar-refractivity contribution >= 4 is 68.5 Å². The Morgan fingerprint density at radius 3 is 2.34 bits per heavy atom. The van der Waals surface area contributed by atoms with Crippen LogP contribution in [0.3, 0.4) is 0 Å². The van der Waals surface area contributed by atoms with Crippen molar-refractivity contribution in [2.24, 2.45) is 5.92 Å². The Labute approximate surface area is 252 Å². The second kappa shape index (κ2) is 12.9. The predicted molar refractivity (Wildman–Crippen MR) is 165 cm³/mol. The van der Waals surface area contributed by atoms with E-state index in [0.717, 1.165) is 26.8 Å². The van der Waals surface area contributed by atoms with Crippen LogP contribution in [0.1, 0.15) is 36.4 Å². The van der Waals surface area contributed by atoms with Gasteiger partial charge in [0, 0.05) is 25.1 Å². The molecule has 1 aliphatic rings. The van der Waals surface area contributed by atoms with Gasteiger partial charge in [0.25, 0.3) is 0 Å². The third kappa shape index (κ3) is 6.81. The lowest BCUT2D eigenvalue weighted by molar-refractivity contribution is -0.138. The van der Waals surface area contributed by atoms with Crippen LogP contribution in [-0.4, -0.2) is 40.9 Å². The van der Waals surface area contributed by atoms with Crippen LogP contribution in [0.15, 0.2) is 78.2 Å². The number of thiophene rings is 1. The Balaban J connectivity index is 1.19. The Kier molecular flexibility index (Phi) is 9.08. The predicted octanol–water partition coefficient (Wildman–Crippen LogP) is 7.46. The lowest BCUT2D eigenvalue weighted by Gasteiger charge is -2.31. The number of carbonyl (C=O) groups is 3. The second-order valence-corrected chi connectivity index (χ2v) is 11.7. The van der Waals surface area contributed by atoms with Crippen molar-refractivity contribution in [2.45, 2.75) is 25.3 Å². The van der Waals surface area contributed by atoms with E-state index in [1.54, 1.807) is 11.0 Å². The van der Waals surface area contributed by atoms with Gasteiger partial charge in [-0.25, -0.2) is 0 Å². The highest BCUT2D eigenvalue weighted by Gasteiger charge is 2.29. The summed E-state index contributed by atoms with van der Waals surface area (Å²) in [6.45, 7) is 0.851. The van der Waals surface area contributed by atoms with Gasteiger partial charge >= 0.3 is 5.97 Å². The van der Waals surface area contributed by atoms with Crippen LogP contribution >= 0.6 is 34.5 Å². The number of hydrogen-bond acceptors (Lipinski definition) is 4. The van der Waals surface area contributed by atoms with Gasteiger partial charge < -0.3 is 15.3 Å². The summed E-state index contributed by atoms with van der Waals surface area (Å²) >= 11 is 14.3. The minimum absolute atomic E-state index is 0.163. The maximum Gasteiger partial charge on any atom is 0.305 e. The molecule has 2 amide bonds. The molecular formula is C32H28Cl2N2O4S. The summed E-state index contributed by atoms with van der Waals surface area (Å²) in [6, 6.07) is 20.7. The molecule has 6 nitrogen and oxygen atoms in total. The highest BCUT2D eigenvalue weighted by molar-refractivity contribution is 7.18. The molecule has 3 aromatic carbocycles. The second-order valence-electron chi connectivity index (χ2n) is 10.0. The van der Waals surface area contributed by atoms with Gasteiger partial charge in [-0.3, -0.25) is 14.4 Å². The van der Waals surface area contributed by atoms with E-state index >= 15 is 0 Å². The molecule has 1 aliphatic heterocycles. The summed E-state index contributed by atoms with van der Waals surface area (Å²) in [6.07, 6.45) is 3.92. The third-order valence-corrected chi connectivity index (χ3v) is 9.29. The van der Waals surface area contributed by atoms with Crippen molar-refractivity contribution in [2.75, 3.05) is 13.1 Å². The molecule has 0 spiro atoms. The summed E-state index contributed by atoms with van der Waals surface area (Å²) in [5, 5.41) is 16.2. The monoisotopic (exact) mass is 606 g/mol. The molecule has 210 valence electrons. The summed E-state index contributed by atoms with van der Waals surface area (Å²) in [7, 11) is 0. The normalized spacial score (nSPS) is 14.8. The Hall–Kier alpha value is -3.65. The molecule has 9 heteroatoms. The van der Waals surface area contributed by atoms with Gasteiger partial charge in [0.2, 0.25) is 11.8 Å². The number of rotatable bonds is 8. The van der Waals surface area contributed by atoms with E-state index < -0.39 is 12.0 Å². The summed E-state index contributed by atoms with van der Waals surface area (Å²) in [5.41, 5.74) is 3.48. The smallest absolute Gasteiger partial charge is 0.305 e. The Morgan fingerprint density at radius 1 is 0.976 bits per heavy atom. The van der Waals surface area contributed by atoms with Crippen LogP contribution in [0.4, 0.5) is 0 Å².